The van der Waals surface area contributed by atoms with E-state index in [1.54, 1.807) is 12.1 Å². The zero-order chi connectivity index (χ0) is 36.5. The molecule has 1 N–H and O–H groups in total. The first-order chi connectivity index (χ1) is 24.6. The summed E-state index contributed by atoms with van der Waals surface area (Å²) in [6.07, 6.45) is -0.536. The van der Waals surface area contributed by atoms with E-state index < -0.39 is 17.7 Å². The molecule has 13 heteroatoms. The summed E-state index contributed by atoms with van der Waals surface area (Å²) in [6, 6.07) is 18.5. The van der Waals surface area contributed by atoms with Crippen molar-refractivity contribution in [2.45, 2.75) is 45.9 Å². The van der Waals surface area contributed by atoms with Gasteiger partial charge in [-0.2, -0.15) is 0 Å². The van der Waals surface area contributed by atoms with Crippen LogP contribution in [0, 0.1) is 6.92 Å². The van der Waals surface area contributed by atoms with E-state index in [1.807, 2.05) is 76.2 Å². The van der Waals surface area contributed by atoms with Crippen molar-refractivity contribution in [3.63, 3.8) is 0 Å². The van der Waals surface area contributed by atoms with Crippen molar-refractivity contribution < 1.29 is 38.0 Å². The van der Waals surface area contributed by atoms with E-state index in [-0.39, 0.29) is 11.7 Å². The average molecular weight is 708 g/mol. The van der Waals surface area contributed by atoms with Crippen LogP contribution in [0.15, 0.2) is 60.7 Å². The summed E-state index contributed by atoms with van der Waals surface area (Å²) in [7, 11) is 1.33. The lowest BCUT2D eigenvalue weighted by atomic mass is 10.00. The summed E-state index contributed by atoms with van der Waals surface area (Å²) in [5.74, 6) is -0.520. The standard InChI is InChI=1S/C38H53N5O8/c1-29-8-6-9-32(39-29)28-42-16-20-47-24-26-49-22-18-43(19-23-50-27-25-48-21-17-42)35(33-10-7-11-34(41-33)36(44)46-5)30-12-14-31(15-13-30)40-37(45)51-38(2,3)4/h6-15,35H,16-28H2,1-5H3,(H,40,45). The maximum absolute atomic E-state index is 12.5. The van der Waals surface area contributed by atoms with Gasteiger partial charge < -0.3 is 28.4 Å². The highest BCUT2D eigenvalue weighted by Crippen LogP contribution is 2.29. The van der Waals surface area contributed by atoms with Gasteiger partial charge in [0.25, 0.3) is 0 Å². The maximum atomic E-state index is 12.5. The number of rotatable bonds is 7. The van der Waals surface area contributed by atoms with Crippen LogP contribution in [0.25, 0.3) is 0 Å². The van der Waals surface area contributed by atoms with Gasteiger partial charge in [-0.05, 0) is 69.7 Å². The molecule has 0 spiro atoms. The van der Waals surface area contributed by atoms with Crippen molar-refractivity contribution in [2.24, 2.45) is 0 Å². The summed E-state index contributed by atoms with van der Waals surface area (Å²) in [4.78, 5) is 38.7. The zero-order valence-electron chi connectivity index (χ0n) is 30.6. The quantitative estimate of drug-likeness (QED) is 0.335. The third-order valence-electron chi connectivity index (χ3n) is 7.91. The first-order valence-electron chi connectivity index (χ1n) is 17.5. The van der Waals surface area contributed by atoms with Gasteiger partial charge >= 0.3 is 12.1 Å². The van der Waals surface area contributed by atoms with Crippen molar-refractivity contribution >= 4 is 17.7 Å². The second kappa shape index (κ2) is 20.8. The van der Waals surface area contributed by atoms with Gasteiger partial charge in [0.05, 0.1) is 77.4 Å². The van der Waals surface area contributed by atoms with Crippen molar-refractivity contribution in [3.05, 3.63) is 89.0 Å². The molecule has 278 valence electrons. The van der Waals surface area contributed by atoms with Crippen LogP contribution in [0.2, 0.25) is 0 Å². The Balaban J connectivity index is 1.46. The third kappa shape index (κ3) is 14.3. The fraction of sp³-hybridized carbons (Fsp3) is 0.526. The van der Waals surface area contributed by atoms with Gasteiger partial charge in [0.15, 0.2) is 0 Å². The van der Waals surface area contributed by atoms with Crippen molar-refractivity contribution in [3.8, 4) is 0 Å². The zero-order valence-corrected chi connectivity index (χ0v) is 30.6. The molecule has 1 aromatic carbocycles. The molecule has 1 aliphatic heterocycles. The first kappa shape index (κ1) is 39.8. The number of carbonyl (C=O) groups excluding carboxylic acids is 2. The Morgan fingerprint density at radius 1 is 0.784 bits per heavy atom. The highest BCUT2D eigenvalue weighted by atomic mass is 16.6. The van der Waals surface area contributed by atoms with Gasteiger partial charge in [-0.15, -0.1) is 0 Å². The molecule has 1 unspecified atom stereocenters. The van der Waals surface area contributed by atoms with Crippen LogP contribution in [-0.2, 0) is 35.0 Å². The van der Waals surface area contributed by atoms with Gasteiger partial charge in [-0.1, -0.05) is 24.3 Å². The van der Waals surface area contributed by atoms with Crippen LogP contribution in [0.1, 0.15) is 59.9 Å². The second-order valence-electron chi connectivity index (χ2n) is 13.1. The summed E-state index contributed by atoms with van der Waals surface area (Å²) in [6.45, 7) is 14.6. The third-order valence-corrected chi connectivity index (χ3v) is 7.91. The molecule has 1 saturated heterocycles. The monoisotopic (exact) mass is 707 g/mol. The SMILES string of the molecule is COC(=O)c1cccc(C(c2ccc(NC(=O)OC(C)(C)C)cc2)N2CCOCCOCCN(Cc3cccc(C)n3)CCOCCOCC2)n1. The summed E-state index contributed by atoms with van der Waals surface area (Å²) >= 11 is 0. The van der Waals surface area contributed by atoms with Gasteiger partial charge in [-0.3, -0.25) is 20.1 Å². The van der Waals surface area contributed by atoms with E-state index >= 15 is 0 Å². The van der Waals surface area contributed by atoms with Crippen molar-refractivity contribution in [1.29, 1.82) is 0 Å². The van der Waals surface area contributed by atoms with Crippen LogP contribution in [0.4, 0.5) is 10.5 Å². The Morgan fingerprint density at radius 3 is 1.94 bits per heavy atom. The molecular weight excluding hydrogens is 654 g/mol. The minimum atomic E-state index is -0.620. The number of methoxy groups -OCH3 is 1. The number of hydrogen-bond donors (Lipinski definition) is 1. The van der Waals surface area contributed by atoms with Gasteiger partial charge in [0.1, 0.15) is 11.3 Å². The van der Waals surface area contributed by atoms with E-state index in [9.17, 15) is 9.59 Å². The van der Waals surface area contributed by atoms with Crippen LogP contribution in [0.5, 0.6) is 0 Å². The van der Waals surface area contributed by atoms with E-state index in [4.69, 9.17) is 33.4 Å². The molecule has 2 aromatic heterocycles. The minimum absolute atomic E-state index is 0.208. The molecule has 0 aliphatic carbocycles. The molecule has 1 atom stereocenters. The molecule has 3 aromatic rings. The minimum Gasteiger partial charge on any atom is -0.464 e. The Morgan fingerprint density at radius 2 is 1.37 bits per heavy atom. The molecule has 0 saturated carbocycles. The first-order valence-corrected chi connectivity index (χ1v) is 17.5. The Hall–Kier alpha value is -3.98. The number of aromatic nitrogens is 2. The maximum Gasteiger partial charge on any atom is 0.412 e. The van der Waals surface area contributed by atoms with Crippen molar-refractivity contribution in [1.82, 2.24) is 19.8 Å². The number of pyridine rings is 2. The van der Waals surface area contributed by atoms with E-state index in [2.05, 4.69) is 20.1 Å². The topological polar surface area (TPSA) is 134 Å². The number of amides is 1. The van der Waals surface area contributed by atoms with Crippen LogP contribution in [-0.4, -0.2) is 124 Å². The van der Waals surface area contributed by atoms with Gasteiger partial charge in [0.2, 0.25) is 0 Å². The Labute approximate surface area is 301 Å². The number of esters is 1. The fourth-order valence-corrected chi connectivity index (χ4v) is 5.51. The smallest absolute Gasteiger partial charge is 0.412 e. The molecule has 0 radical (unpaired) electrons. The number of nitrogens with one attached hydrogen (secondary N) is 1. The molecule has 0 bridgehead atoms. The van der Waals surface area contributed by atoms with Crippen LogP contribution in [0.3, 0.4) is 0 Å². The van der Waals surface area contributed by atoms with Gasteiger partial charge in [0, 0.05) is 44.1 Å². The van der Waals surface area contributed by atoms with Gasteiger partial charge in [-0.25, -0.2) is 14.6 Å². The van der Waals surface area contributed by atoms with E-state index in [0.29, 0.717) is 77.3 Å². The number of nitrogens with zero attached hydrogens (tertiary/aromatic N) is 4. The Kier molecular flexibility index (Phi) is 16.2. The molecule has 1 aliphatic rings. The predicted molar refractivity (Wildman–Crippen MR) is 193 cm³/mol. The molecule has 51 heavy (non-hydrogen) atoms. The van der Waals surface area contributed by atoms with E-state index in [1.165, 1.54) is 7.11 Å². The molecule has 13 nitrogen and oxygen atoms in total. The number of carbonyl (C=O) groups is 2. The van der Waals surface area contributed by atoms with Crippen molar-refractivity contribution in [2.75, 3.05) is 91.5 Å². The highest BCUT2D eigenvalue weighted by molar-refractivity contribution is 5.87. The normalized spacial score (nSPS) is 17.4. The molecule has 1 fully saturated rings. The van der Waals surface area contributed by atoms with Crippen LogP contribution >= 0.6 is 0 Å². The largest absolute Gasteiger partial charge is 0.464 e. The molecule has 4 rings (SSSR count). The predicted octanol–water partition coefficient (Wildman–Crippen LogP) is 4.89. The number of anilines is 1. The summed E-state index contributed by atoms with van der Waals surface area (Å²) < 4.78 is 34.3. The van der Waals surface area contributed by atoms with E-state index in [0.717, 1.165) is 36.6 Å². The lowest BCUT2D eigenvalue weighted by Crippen LogP contribution is -2.36. The molecule has 3 heterocycles. The lowest BCUT2D eigenvalue weighted by molar-refractivity contribution is 0.00331. The lowest BCUT2D eigenvalue weighted by Gasteiger charge is -2.32. The summed E-state index contributed by atoms with van der Waals surface area (Å²) in [5.41, 5.74) is 3.75. The number of benzene rings is 1. The number of hydrogen-bond acceptors (Lipinski definition) is 12. The molecular formula is C38H53N5O8. The second-order valence-corrected chi connectivity index (χ2v) is 13.1. The average Bonchev–Trinajstić information content (AvgIpc) is 3.09. The fourth-order valence-electron chi connectivity index (χ4n) is 5.51. The van der Waals surface area contributed by atoms with Crippen LogP contribution < -0.4 is 5.32 Å². The number of ether oxygens (including phenoxy) is 6. The molecule has 1 amide bonds. The Bertz CT molecular complexity index is 1480. The highest BCUT2D eigenvalue weighted by Gasteiger charge is 2.25. The summed E-state index contributed by atoms with van der Waals surface area (Å²) in [5, 5.41) is 2.79. The number of aryl methyl sites for hydroxylation is 1.